The van der Waals surface area contributed by atoms with Crippen molar-refractivity contribution in [2.24, 2.45) is 0 Å². The molecule has 9 nitrogen and oxygen atoms in total. The van der Waals surface area contributed by atoms with Gasteiger partial charge in [0, 0.05) is 0 Å². The van der Waals surface area contributed by atoms with Crippen molar-refractivity contribution in [3.8, 4) is 5.75 Å². The molecule has 0 aliphatic carbocycles. The van der Waals surface area contributed by atoms with E-state index in [1.54, 1.807) is 37.3 Å². The number of hydrogen-bond donors (Lipinski definition) is 1. The molecule has 0 radical (unpaired) electrons. The molecule has 10 heteroatoms. The standard InChI is InChI=1S/C18H22N2O7S/c1-4-26-17(23)14-18(2,3)28(24,25)16-13(15(22)20(14)16)19-12(21)10-27-11-8-6-5-7-9-11/h5-9,13-14,16H,4,10H2,1-3H3,(H,19,21)/t13-,14+,16-/m1/s1. The number of benzene rings is 1. The van der Waals surface area contributed by atoms with Gasteiger partial charge in [0.1, 0.15) is 22.6 Å². The van der Waals surface area contributed by atoms with Crippen LogP contribution in [0.2, 0.25) is 0 Å². The molecule has 1 aromatic rings. The fourth-order valence-corrected chi connectivity index (χ4v) is 5.73. The second-order valence-corrected chi connectivity index (χ2v) is 9.71. The number of carbonyl (C=O) groups excluding carboxylic acids is 3. The highest BCUT2D eigenvalue weighted by Gasteiger charge is 2.72. The first kappa shape index (κ1) is 20.1. The van der Waals surface area contributed by atoms with Gasteiger partial charge in [-0.3, -0.25) is 9.59 Å². The number of nitrogens with one attached hydrogen (secondary N) is 1. The maximum absolute atomic E-state index is 12.9. The van der Waals surface area contributed by atoms with Crippen LogP contribution in [0.25, 0.3) is 0 Å². The number of amides is 2. The van der Waals surface area contributed by atoms with Gasteiger partial charge >= 0.3 is 5.97 Å². The van der Waals surface area contributed by atoms with Gasteiger partial charge in [0.15, 0.2) is 21.8 Å². The number of sulfone groups is 1. The molecule has 3 atom stereocenters. The Balaban J connectivity index is 1.73. The van der Waals surface area contributed by atoms with E-state index in [0.717, 1.165) is 4.90 Å². The van der Waals surface area contributed by atoms with E-state index < -0.39 is 49.8 Å². The Morgan fingerprint density at radius 3 is 2.46 bits per heavy atom. The molecule has 2 aliphatic heterocycles. The Bertz CT molecular complexity index is 898. The third-order valence-electron chi connectivity index (χ3n) is 5.01. The highest BCUT2D eigenvalue weighted by atomic mass is 32.2. The minimum Gasteiger partial charge on any atom is -0.484 e. The molecule has 152 valence electrons. The summed E-state index contributed by atoms with van der Waals surface area (Å²) >= 11 is 0. The molecule has 0 bridgehead atoms. The molecule has 2 fully saturated rings. The topological polar surface area (TPSA) is 119 Å². The Hall–Kier alpha value is -2.62. The van der Waals surface area contributed by atoms with Crippen LogP contribution in [0.1, 0.15) is 20.8 Å². The molecule has 1 aromatic carbocycles. The van der Waals surface area contributed by atoms with Crippen LogP contribution in [0.5, 0.6) is 5.75 Å². The first-order valence-corrected chi connectivity index (χ1v) is 10.4. The lowest BCUT2D eigenvalue weighted by Gasteiger charge is -2.42. The number of hydrogen-bond acceptors (Lipinski definition) is 7. The van der Waals surface area contributed by atoms with Gasteiger partial charge in [-0.2, -0.15) is 0 Å². The van der Waals surface area contributed by atoms with E-state index >= 15 is 0 Å². The first-order chi connectivity index (χ1) is 13.1. The Morgan fingerprint density at radius 2 is 1.86 bits per heavy atom. The predicted octanol–water partition coefficient (Wildman–Crippen LogP) is -0.143. The number of β-lactam (4-membered cyclic amide) rings is 1. The summed E-state index contributed by atoms with van der Waals surface area (Å²) in [5.41, 5.74) is 0. The highest BCUT2D eigenvalue weighted by molar-refractivity contribution is 7.94. The minimum atomic E-state index is -3.92. The van der Waals surface area contributed by atoms with Crippen molar-refractivity contribution in [3.05, 3.63) is 30.3 Å². The van der Waals surface area contributed by atoms with Crippen LogP contribution in [0.3, 0.4) is 0 Å². The number of nitrogens with zero attached hydrogens (tertiary/aromatic N) is 1. The number of ether oxygens (including phenoxy) is 2. The lowest BCUT2D eigenvalue weighted by atomic mass is 9.96. The average Bonchev–Trinajstić information content (AvgIpc) is 2.79. The zero-order chi connectivity index (χ0) is 20.7. The second-order valence-electron chi connectivity index (χ2n) is 7.09. The molecule has 0 spiro atoms. The van der Waals surface area contributed by atoms with Crippen molar-refractivity contribution >= 4 is 27.6 Å². The van der Waals surface area contributed by atoms with Gasteiger partial charge in [-0.05, 0) is 32.9 Å². The summed E-state index contributed by atoms with van der Waals surface area (Å²) in [6, 6.07) is 6.10. The van der Waals surface area contributed by atoms with Crippen LogP contribution in [0, 0.1) is 0 Å². The molecule has 2 heterocycles. The third-order valence-corrected chi connectivity index (χ3v) is 7.83. The van der Waals surface area contributed by atoms with Crippen LogP contribution in [0.15, 0.2) is 30.3 Å². The van der Waals surface area contributed by atoms with E-state index in [0.29, 0.717) is 5.75 Å². The van der Waals surface area contributed by atoms with E-state index in [1.807, 2.05) is 0 Å². The van der Waals surface area contributed by atoms with E-state index in [2.05, 4.69) is 5.32 Å². The monoisotopic (exact) mass is 410 g/mol. The zero-order valence-corrected chi connectivity index (χ0v) is 16.6. The van der Waals surface area contributed by atoms with Crippen molar-refractivity contribution in [1.29, 1.82) is 0 Å². The normalized spacial score (nSPS) is 26.8. The van der Waals surface area contributed by atoms with Crippen molar-refractivity contribution in [1.82, 2.24) is 10.2 Å². The van der Waals surface area contributed by atoms with Crippen molar-refractivity contribution in [2.45, 2.75) is 43.0 Å². The van der Waals surface area contributed by atoms with Gasteiger partial charge in [0.25, 0.3) is 5.91 Å². The molecule has 1 N–H and O–H groups in total. The van der Waals surface area contributed by atoms with Gasteiger partial charge < -0.3 is 19.7 Å². The maximum Gasteiger partial charge on any atom is 0.330 e. The molecule has 0 saturated carbocycles. The zero-order valence-electron chi connectivity index (χ0n) is 15.7. The van der Waals surface area contributed by atoms with Crippen molar-refractivity contribution < 1.29 is 32.3 Å². The quantitative estimate of drug-likeness (QED) is 0.512. The largest absolute Gasteiger partial charge is 0.484 e. The van der Waals surface area contributed by atoms with E-state index in [9.17, 15) is 22.8 Å². The summed E-state index contributed by atoms with van der Waals surface area (Å²) in [5, 5.41) is 1.11. The van der Waals surface area contributed by atoms with Crippen molar-refractivity contribution in [2.75, 3.05) is 13.2 Å². The van der Waals surface area contributed by atoms with Gasteiger partial charge in [-0.1, -0.05) is 18.2 Å². The molecule has 3 rings (SSSR count). The summed E-state index contributed by atoms with van der Waals surface area (Å²) in [6.45, 7) is 4.06. The number of rotatable bonds is 6. The second kappa shape index (κ2) is 7.08. The molecule has 2 aliphatic rings. The summed E-state index contributed by atoms with van der Waals surface area (Å²) in [4.78, 5) is 38.0. The van der Waals surface area contributed by atoms with Gasteiger partial charge in [0.2, 0.25) is 5.91 Å². The Morgan fingerprint density at radius 1 is 1.21 bits per heavy atom. The molecular weight excluding hydrogens is 388 g/mol. The summed E-state index contributed by atoms with van der Waals surface area (Å²) in [7, 11) is -3.92. The lowest BCUT2D eigenvalue weighted by molar-refractivity contribution is -0.164. The Kier molecular flexibility index (Phi) is 5.09. The fraction of sp³-hybridized carbons (Fsp3) is 0.500. The number of fused-ring (bicyclic) bond motifs is 1. The average molecular weight is 410 g/mol. The summed E-state index contributed by atoms with van der Waals surface area (Å²) in [5.74, 6) is -1.57. The van der Waals surface area contributed by atoms with Crippen LogP contribution in [0.4, 0.5) is 0 Å². The van der Waals surface area contributed by atoms with Crippen LogP contribution < -0.4 is 10.1 Å². The fourth-order valence-electron chi connectivity index (χ4n) is 3.52. The van der Waals surface area contributed by atoms with Crippen LogP contribution in [-0.2, 0) is 29.0 Å². The smallest absolute Gasteiger partial charge is 0.330 e. The summed E-state index contributed by atoms with van der Waals surface area (Å²) < 4.78 is 34.6. The maximum atomic E-state index is 12.9. The van der Waals surface area contributed by atoms with Gasteiger partial charge in [-0.25, -0.2) is 13.2 Å². The van der Waals surface area contributed by atoms with E-state index in [4.69, 9.17) is 9.47 Å². The van der Waals surface area contributed by atoms with Crippen LogP contribution in [-0.4, -0.2) is 66.5 Å². The highest BCUT2D eigenvalue weighted by Crippen LogP contribution is 2.46. The number of para-hydroxylation sites is 1. The van der Waals surface area contributed by atoms with E-state index in [1.165, 1.54) is 13.8 Å². The molecule has 28 heavy (non-hydrogen) atoms. The van der Waals surface area contributed by atoms with Gasteiger partial charge in [0.05, 0.1) is 6.61 Å². The van der Waals surface area contributed by atoms with Crippen LogP contribution >= 0.6 is 0 Å². The minimum absolute atomic E-state index is 0.0646. The molecule has 2 saturated heterocycles. The lowest BCUT2D eigenvalue weighted by Crippen LogP contribution is -2.72. The summed E-state index contributed by atoms with van der Waals surface area (Å²) in [6.07, 6.45) is 0. The third kappa shape index (κ3) is 3.01. The SMILES string of the molecule is CCOC(=O)[C@@H]1N2C(=O)[C@@H](NC(=O)COc3ccccc3)[C@H]2S(=O)(=O)C1(C)C. The molecule has 0 aromatic heterocycles. The molecule has 0 unspecified atom stereocenters. The molecule has 2 amide bonds. The number of carbonyl (C=O) groups is 3. The van der Waals surface area contributed by atoms with Crippen molar-refractivity contribution in [3.63, 3.8) is 0 Å². The van der Waals surface area contributed by atoms with E-state index in [-0.39, 0.29) is 13.2 Å². The molecular formula is C18H22N2O7S. The first-order valence-electron chi connectivity index (χ1n) is 8.82. The predicted molar refractivity (Wildman–Crippen MR) is 97.9 cm³/mol. The Labute approximate surface area is 162 Å². The van der Waals surface area contributed by atoms with Gasteiger partial charge in [-0.15, -0.1) is 0 Å². The number of esters is 1.